The summed E-state index contributed by atoms with van der Waals surface area (Å²) in [7, 11) is 1.78. The van der Waals surface area contributed by atoms with Crippen LogP contribution in [0.3, 0.4) is 0 Å². The van der Waals surface area contributed by atoms with Gasteiger partial charge in [-0.2, -0.15) is 0 Å². The molecule has 0 amide bonds. The summed E-state index contributed by atoms with van der Waals surface area (Å²) in [5.74, 6) is 2.10. The van der Waals surface area contributed by atoms with Crippen molar-refractivity contribution < 1.29 is 9.47 Å². The fourth-order valence-electron chi connectivity index (χ4n) is 1.86. The Balaban J connectivity index is 2.16. The van der Waals surface area contributed by atoms with Crippen LogP contribution in [0.15, 0.2) is 16.6 Å². The summed E-state index contributed by atoms with van der Waals surface area (Å²) in [5.41, 5.74) is 1.04. The minimum atomic E-state index is 0.572. The molecule has 2 aromatic rings. The van der Waals surface area contributed by atoms with Gasteiger partial charge in [-0.05, 0) is 41.5 Å². The van der Waals surface area contributed by atoms with Crippen molar-refractivity contribution in [1.29, 1.82) is 0 Å². The van der Waals surface area contributed by atoms with Crippen molar-refractivity contribution in [2.45, 2.75) is 26.8 Å². The topological polar surface area (TPSA) is 74.1 Å². The van der Waals surface area contributed by atoms with Gasteiger partial charge in [0.15, 0.2) is 11.5 Å². The summed E-state index contributed by atoms with van der Waals surface area (Å²) < 4.78 is 13.9. The number of anilines is 1. The van der Waals surface area contributed by atoms with Crippen LogP contribution in [0, 0.1) is 0 Å². The normalized spacial score (nSPS) is 10.5. The number of aromatic nitrogens is 4. The lowest BCUT2D eigenvalue weighted by Gasteiger charge is -2.15. The van der Waals surface area contributed by atoms with Crippen molar-refractivity contribution in [1.82, 2.24) is 20.2 Å². The molecule has 0 saturated heterocycles. The van der Waals surface area contributed by atoms with Crippen LogP contribution in [-0.2, 0) is 13.6 Å². The van der Waals surface area contributed by atoms with Gasteiger partial charge < -0.3 is 14.8 Å². The van der Waals surface area contributed by atoms with Gasteiger partial charge in [0.25, 0.3) is 0 Å². The third-order valence-electron chi connectivity index (χ3n) is 2.93. The Bertz CT molecular complexity index is 617. The molecule has 0 saturated carbocycles. The van der Waals surface area contributed by atoms with Gasteiger partial charge in [-0.15, -0.1) is 0 Å². The van der Waals surface area contributed by atoms with Crippen LogP contribution < -0.4 is 14.8 Å². The van der Waals surface area contributed by atoms with Crippen molar-refractivity contribution in [3.63, 3.8) is 0 Å². The monoisotopic (exact) mass is 369 g/mol. The SMILES string of the molecule is CCCOc1cc(Br)c(CNc2nnnn2C)cc1OCC. The summed E-state index contributed by atoms with van der Waals surface area (Å²) in [5, 5.41) is 14.5. The summed E-state index contributed by atoms with van der Waals surface area (Å²) in [6.07, 6.45) is 0.950. The number of ether oxygens (including phenoxy) is 2. The van der Waals surface area contributed by atoms with Crippen molar-refractivity contribution in [3.8, 4) is 11.5 Å². The number of benzene rings is 1. The Morgan fingerprint density at radius 3 is 2.64 bits per heavy atom. The standard InChI is InChI=1S/C14H20BrN5O2/c1-4-6-22-13-8-11(15)10(7-12(13)21-5-2)9-16-14-17-18-19-20(14)3/h7-8H,4-6,9H2,1-3H3,(H,16,17,19). The summed E-state index contributed by atoms with van der Waals surface area (Å²) >= 11 is 3.57. The number of hydrogen-bond acceptors (Lipinski definition) is 6. The third-order valence-corrected chi connectivity index (χ3v) is 3.67. The van der Waals surface area contributed by atoms with Gasteiger partial charge in [0, 0.05) is 18.1 Å². The molecule has 0 fully saturated rings. The van der Waals surface area contributed by atoms with Crippen LogP contribution in [0.1, 0.15) is 25.8 Å². The molecule has 7 nitrogen and oxygen atoms in total. The van der Waals surface area contributed by atoms with Crippen LogP contribution in [0.5, 0.6) is 11.5 Å². The van der Waals surface area contributed by atoms with Crippen LogP contribution in [0.2, 0.25) is 0 Å². The maximum absolute atomic E-state index is 5.73. The second kappa shape index (κ2) is 7.98. The highest BCUT2D eigenvalue weighted by molar-refractivity contribution is 9.10. The lowest BCUT2D eigenvalue weighted by atomic mass is 10.2. The Labute approximate surface area is 138 Å². The first-order chi connectivity index (χ1) is 10.7. The first-order valence-corrected chi connectivity index (χ1v) is 7.99. The van der Waals surface area contributed by atoms with E-state index in [1.165, 1.54) is 0 Å². The van der Waals surface area contributed by atoms with Gasteiger partial charge in [0.2, 0.25) is 5.95 Å². The zero-order valence-corrected chi connectivity index (χ0v) is 14.6. The second-order valence-electron chi connectivity index (χ2n) is 4.65. The summed E-state index contributed by atoms with van der Waals surface area (Å²) in [6, 6.07) is 3.90. The fourth-order valence-corrected chi connectivity index (χ4v) is 2.32. The van der Waals surface area contributed by atoms with Gasteiger partial charge in [-0.3, -0.25) is 0 Å². The molecule has 0 aliphatic heterocycles. The molecular formula is C14H20BrN5O2. The maximum atomic E-state index is 5.73. The number of hydrogen-bond donors (Lipinski definition) is 1. The van der Waals surface area contributed by atoms with Crippen LogP contribution in [0.25, 0.3) is 0 Å². The minimum absolute atomic E-state index is 0.572. The highest BCUT2D eigenvalue weighted by Gasteiger charge is 2.11. The third kappa shape index (κ3) is 4.09. The highest BCUT2D eigenvalue weighted by Crippen LogP contribution is 2.34. The van der Waals surface area contributed by atoms with Gasteiger partial charge in [0.1, 0.15) is 0 Å². The molecule has 1 aromatic carbocycles. The van der Waals surface area contributed by atoms with Crippen LogP contribution >= 0.6 is 15.9 Å². The van der Waals surface area contributed by atoms with E-state index in [9.17, 15) is 0 Å². The molecule has 22 heavy (non-hydrogen) atoms. The van der Waals surface area contributed by atoms with E-state index in [0.29, 0.717) is 25.7 Å². The fraction of sp³-hybridized carbons (Fsp3) is 0.500. The van der Waals surface area contributed by atoms with Crippen molar-refractivity contribution >= 4 is 21.9 Å². The van der Waals surface area contributed by atoms with E-state index in [1.807, 2.05) is 19.1 Å². The Morgan fingerprint density at radius 1 is 1.23 bits per heavy atom. The molecule has 0 atom stereocenters. The number of rotatable bonds is 8. The highest BCUT2D eigenvalue weighted by atomic mass is 79.9. The van der Waals surface area contributed by atoms with Gasteiger partial charge >= 0.3 is 0 Å². The van der Waals surface area contributed by atoms with Crippen molar-refractivity contribution in [3.05, 3.63) is 22.2 Å². The van der Waals surface area contributed by atoms with E-state index >= 15 is 0 Å². The van der Waals surface area contributed by atoms with E-state index in [-0.39, 0.29) is 0 Å². The van der Waals surface area contributed by atoms with Crippen LogP contribution in [0.4, 0.5) is 5.95 Å². The number of aryl methyl sites for hydroxylation is 1. The predicted octanol–water partition coefficient (Wildman–Crippen LogP) is 2.77. The minimum Gasteiger partial charge on any atom is -0.490 e. The molecule has 1 heterocycles. The number of nitrogens with zero attached hydrogens (tertiary/aromatic N) is 4. The molecule has 0 radical (unpaired) electrons. The number of tetrazole rings is 1. The molecule has 0 aliphatic rings. The van der Waals surface area contributed by atoms with E-state index < -0.39 is 0 Å². The first kappa shape index (κ1) is 16.5. The lowest BCUT2D eigenvalue weighted by Crippen LogP contribution is -2.07. The van der Waals surface area contributed by atoms with E-state index in [2.05, 4.69) is 43.7 Å². The Hall–Kier alpha value is -1.83. The molecule has 0 unspecified atom stereocenters. The number of nitrogens with one attached hydrogen (secondary N) is 1. The van der Waals surface area contributed by atoms with E-state index in [4.69, 9.17) is 9.47 Å². The predicted molar refractivity (Wildman–Crippen MR) is 87.2 cm³/mol. The number of halogens is 1. The van der Waals surface area contributed by atoms with Crippen LogP contribution in [-0.4, -0.2) is 33.4 Å². The molecular weight excluding hydrogens is 350 g/mol. The van der Waals surface area contributed by atoms with Gasteiger partial charge in [-0.1, -0.05) is 28.0 Å². The largest absolute Gasteiger partial charge is 0.490 e. The average Bonchev–Trinajstić information content (AvgIpc) is 2.91. The van der Waals surface area contributed by atoms with Crippen molar-refractivity contribution in [2.24, 2.45) is 7.05 Å². The summed E-state index contributed by atoms with van der Waals surface area (Å²) in [6.45, 7) is 5.85. The first-order valence-electron chi connectivity index (χ1n) is 7.20. The summed E-state index contributed by atoms with van der Waals surface area (Å²) in [4.78, 5) is 0. The van der Waals surface area contributed by atoms with Gasteiger partial charge in [0.05, 0.1) is 13.2 Å². The Morgan fingerprint density at radius 2 is 2.00 bits per heavy atom. The second-order valence-corrected chi connectivity index (χ2v) is 5.51. The molecule has 1 N–H and O–H groups in total. The quantitative estimate of drug-likeness (QED) is 0.770. The molecule has 2 rings (SSSR count). The molecule has 1 aromatic heterocycles. The molecule has 0 spiro atoms. The van der Waals surface area contributed by atoms with Gasteiger partial charge in [-0.25, -0.2) is 4.68 Å². The smallest absolute Gasteiger partial charge is 0.242 e. The molecule has 0 bridgehead atoms. The average molecular weight is 370 g/mol. The van der Waals surface area contributed by atoms with E-state index in [1.54, 1.807) is 11.7 Å². The molecule has 120 valence electrons. The van der Waals surface area contributed by atoms with E-state index in [0.717, 1.165) is 28.0 Å². The molecule has 0 aliphatic carbocycles. The molecule has 8 heteroatoms. The Kier molecular flexibility index (Phi) is 6.00. The lowest BCUT2D eigenvalue weighted by molar-refractivity contribution is 0.276. The van der Waals surface area contributed by atoms with Crippen molar-refractivity contribution in [2.75, 3.05) is 18.5 Å². The zero-order chi connectivity index (χ0) is 15.9. The maximum Gasteiger partial charge on any atom is 0.242 e. The zero-order valence-electron chi connectivity index (χ0n) is 13.0.